The monoisotopic (exact) mass is 182 g/mol. The Labute approximate surface area is 81.9 Å². The number of hydrogen-bond donors (Lipinski definition) is 1. The van der Waals surface area contributed by atoms with Crippen LogP contribution >= 0.6 is 0 Å². The average Bonchev–Trinajstić information content (AvgIpc) is 2.18. The van der Waals surface area contributed by atoms with Gasteiger partial charge < -0.3 is 5.11 Å². The molecule has 0 bridgehead atoms. The molecule has 0 saturated heterocycles. The lowest BCUT2D eigenvalue weighted by Crippen LogP contribution is -2.17. The summed E-state index contributed by atoms with van der Waals surface area (Å²) in [6.07, 6.45) is 9.48. The standard InChI is InChI=1S/C12H22O/c1-3-12(13)10(2)9-11-7-5-4-6-8-11/h7,10,12-13H,3-6,8-9H2,1-2H3/t10-,12-/m0/s1. The highest BCUT2D eigenvalue weighted by molar-refractivity contribution is 5.05. The first-order valence-corrected chi connectivity index (χ1v) is 5.60. The Morgan fingerprint density at radius 1 is 1.46 bits per heavy atom. The molecule has 0 aliphatic heterocycles. The molecule has 0 radical (unpaired) electrons. The molecule has 1 aliphatic carbocycles. The van der Waals surface area contributed by atoms with Gasteiger partial charge in [0, 0.05) is 0 Å². The summed E-state index contributed by atoms with van der Waals surface area (Å²) in [5.41, 5.74) is 1.58. The highest BCUT2D eigenvalue weighted by Crippen LogP contribution is 2.25. The predicted octanol–water partition coefficient (Wildman–Crippen LogP) is 3.28. The molecule has 1 rings (SSSR count). The Morgan fingerprint density at radius 2 is 2.23 bits per heavy atom. The van der Waals surface area contributed by atoms with E-state index in [0.29, 0.717) is 5.92 Å². The molecule has 0 fully saturated rings. The van der Waals surface area contributed by atoms with Crippen molar-refractivity contribution in [3.63, 3.8) is 0 Å². The number of aliphatic hydroxyl groups excluding tert-OH is 1. The van der Waals surface area contributed by atoms with Gasteiger partial charge in [-0.1, -0.05) is 25.5 Å². The smallest absolute Gasteiger partial charge is 0.0566 e. The second kappa shape index (κ2) is 5.43. The summed E-state index contributed by atoms with van der Waals surface area (Å²) >= 11 is 0. The lowest BCUT2D eigenvalue weighted by Gasteiger charge is -2.20. The van der Waals surface area contributed by atoms with E-state index < -0.39 is 0 Å². The molecular formula is C12H22O. The minimum Gasteiger partial charge on any atom is -0.393 e. The average molecular weight is 182 g/mol. The SMILES string of the molecule is CC[C@H](O)[C@@H](C)CC1=CCCCC1. The first-order valence-electron chi connectivity index (χ1n) is 5.60. The summed E-state index contributed by atoms with van der Waals surface area (Å²) in [4.78, 5) is 0. The second-order valence-corrected chi connectivity index (χ2v) is 4.27. The number of aliphatic hydroxyl groups is 1. The molecule has 0 amide bonds. The third kappa shape index (κ3) is 3.51. The molecular weight excluding hydrogens is 160 g/mol. The summed E-state index contributed by atoms with van der Waals surface area (Å²) in [7, 11) is 0. The van der Waals surface area contributed by atoms with Crippen LogP contribution in [0.3, 0.4) is 0 Å². The Morgan fingerprint density at radius 3 is 2.77 bits per heavy atom. The van der Waals surface area contributed by atoms with Crippen molar-refractivity contribution in [2.45, 2.75) is 58.5 Å². The summed E-state index contributed by atoms with van der Waals surface area (Å²) in [5, 5.41) is 9.63. The van der Waals surface area contributed by atoms with Gasteiger partial charge in [0.25, 0.3) is 0 Å². The minimum atomic E-state index is -0.108. The van der Waals surface area contributed by atoms with Crippen molar-refractivity contribution in [1.29, 1.82) is 0 Å². The van der Waals surface area contributed by atoms with E-state index in [-0.39, 0.29) is 6.10 Å². The summed E-state index contributed by atoms with van der Waals surface area (Å²) in [5.74, 6) is 0.439. The summed E-state index contributed by atoms with van der Waals surface area (Å²) < 4.78 is 0. The molecule has 0 aromatic heterocycles. The van der Waals surface area contributed by atoms with Gasteiger partial charge in [-0.15, -0.1) is 0 Å². The van der Waals surface area contributed by atoms with Crippen molar-refractivity contribution >= 4 is 0 Å². The fourth-order valence-electron chi connectivity index (χ4n) is 2.04. The van der Waals surface area contributed by atoms with Gasteiger partial charge in [-0.05, 0) is 44.4 Å². The summed E-state index contributed by atoms with van der Waals surface area (Å²) in [6, 6.07) is 0. The summed E-state index contributed by atoms with van der Waals surface area (Å²) in [6.45, 7) is 4.21. The molecule has 0 aromatic carbocycles. The zero-order valence-corrected chi connectivity index (χ0v) is 8.92. The predicted molar refractivity (Wildman–Crippen MR) is 56.6 cm³/mol. The Kier molecular flexibility index (Phi) is 4.51. The van der Waals surface area contributed by atoms with Crippen molar-refractivity contribution in [3.05, 3.63) is 11.6 Å². The van der Waals surface area contributed by atoms with Gasteiger partial charge in [0.15, 0.2) is 0 Å². The van der Waals surface area contributed by atoms with Gasteiger partial charge in [0.2, 0.25) is 0 Å². The first-order chi connectivity index (χ1) is 6.24. The quantitative estimate of drug-likeness (QED) is 0.661. The lowest BCUT2D eigenvalue weighted by atomic mass is 9.89. The second-order valence-electron chi connectivity index (χ2n) is 4.27. The molecule has 0 spiro atoms. The van der Waals surface area contributed by atoms with Gasteiger partial charge in [0.05, 0.1) is 6.10 Å². The maximum atomic E-state index is 9.63. The van der Waals surface area contributed by atoms with Gasteiger partial charge in [0.1, 0.15) is 0 Å². The van der Waals surface area contributed by atoms with E-state index in [1.807, 2.05) is 0 Å². The fraction of sp³-hybridized carbons (Fsp3) is 0.833. The number of allylic oxidation sites excluding steroid dienone is 2. The van der Waals surface area contributed by atoms with Crippen LogP contribution in [0.1, 0.15) is 52.4 Å². The van der Waals surface area contributed by atoms with E-state index in [9.17, 15) is 5.11 Å². The van der Waals surface area contributed by atoms with Crippen molar-refractivity contribution in [2.75, 3.05) is 0 Å². The van der Waals surface area contributed by atoms with E-state index in [0.717, 1.165) is 12.8 Å². The van der Waals surface area contributed by atoms with Crippen molar-refractivity contribution in [1.82, 2.24) is 0 Å². The third-order valence-corrected chi connectivity index (χ3v) is 3.04. The van der Waals surface area contributed by atoms with Crippen LogP contribution in [-0.4, -0.2) is 11.2 Å². The van der Waals surface area contributed by atoms with Gasteiger partial charge in [-0.3, -0.25) is 0 Å². The van der Waals surface area contributed by atoms with Crippen LogP contribution in [0.2, 0.25) is 0 Å². The van der Waals surface area contributed by atoms with E-state index >= 15 is 0 Å². The van der Waals surface area contributed by atoms with Crippen LogP contribution in [0.15, 0.2) is 11.6 Å². The van der Waals surface area contributed by atoms with E-state index in [2.05, 4.69) is 19.9 Å². The van der Waals surface area contributed by atoms with Crippen molar-refractivity contribution in [2.24, 2.45) is 5.92 Å². The number of hydrogen-bond acceptors (Lipinski definition) is 1. The third-order valence-electron chi connectivity index (χ3n) is 3.04. The molecule has 0 aromatic rings. The minimum absolute atomic E-state index is 0.108. The fourth-order valence-corrected chi connectivity index (χ4v) is 2.04. The van der Waals surface area contributed by atoms with E-state index in [1.54, 1.807) is 5.57 Å². The largest absolute Gasteiger partial charge is 0.393 e. The highest BCUT2D eigenvalue weighted by Gasteiger charge is 2.14. The first kappa shape index (κ1) is 10.8. The van der Waals surface area contributed by atoms with Crippen LogP contribution < -0.4 is 0 Å². The highest BCUT2D eigenvalue weighted by atomic mass is 16.3. The molecule has 13 heavy (non-hydrogen) atoms. The molecule has 76 valence electrons. The van der Waals surface area contributed by atoms with Crippen LogP contribution in [0, 0.1) is 5.92 Å². The zero-order valence-electron chi connectivity index (χ0n) is 8.92. The normalized spacial score (nSPS) is 22.2. The maximum absolute atomic E-state index is 9.63. The van der Waals surface area contributed by atoms with Crippen LogP contribution in [0.4, 0.5) is 0 Å². The Hall–Kier alpha value is -0.300. The molecule has 2 atom stereocenters. The maximum Gasteiger partial charge on any atom is 0.0566 e. The van der Waals surface area contributed by atoms with E-state index in [1.165, 1.54) is 25.7 Å². The van der Waals surface area contributed by atoms with Crippen molar-refractivity contribution < 1.29 is 5.11 Å². The lowest BCUT2D eigenvalue weighted by molar-refractivity contribution is 0.112. The molecule has 1 aliphatic rings. The van der Waals surface area contributed by atoms with Crippen LogP contribution in [-0.2, 0) is 0 Å². The molecule has 0 unspecified atom stereocenters. The van der Waals surface area contributed by atoms with Crippen molar-refractivity contribution in [3.8, 4) is 0 Å². The topological polar surface area (TPSA) is 20.2 Å². The van der Waals surface area contributed by atoms with Gasteiger partial charge >= 0.3 is 0 Å². The number of rotatable bonds is 4. The molecule has 0 saturated carbocycles. The zero-order chi connectivity index (χ0) is 9.68. The van der Waals surface area contributed by atoms with Gasteiger partial charge in [-0.25, -0.2) is 0 Å². The molecule has 1 N–H and O–H groups in total. The van der Waals surface area contributed by atoms with E-state index in [4.69, 9.17) is 0 Å². The molecule has 1 heteroatoms. The Balaban J connectivity index is 2.34. The Bertz CT molecular complexity index is 172. The molecule has 0 heterocycles. The van der Waals surface area contributed by atoms with Crippen LogP contribution in [0.5, 0.6) is 0 Å². The molecule has 1 nitrogen and oxygen atoms in total. The van der Waals surface area contributed by atoms with Crippen LogP contribution in [0.25, 0.3) is 0 Å². The van der Waals surface area contributed by atoms with Gasteiger partial charge in [-0.2, -0.15) is 0 Å².